The summed E-state index contributed by atoms with van der Waals surface area (Å²) in [4.78, 5) is 0. The normalized spacial score (nSPS) is 15.5. The molecule has 0 aromatic heterocycles. The summed E-state index contributed by atoms with van der Waals surface area (Å²) in [7, 11) is 6.64. The second kappa shape index (κ2) is 14.9. The number of halogens is 2. The molecule has 0 atom stereocenters. The molecule has 0 spiro atoms. The quantitative estimate of drug-likeness (QED) is 0.122. The summed E-state index contributed by atoms with van der Waals surface area (Å²) in [6.45, 7) is 26.6. The molecule has 7 rings (SSSR count). The summed E-state index contributed by atoms with van der Waals surface area (Å²) in [6, 6.07) is 31.9. The van der Waals surface area contributed by atoms with E-state index in [2.05, 4.69) is 175 Å². The van der Waals surface area contributed by atoms with Gasteiger partial charge in [-0.2, -0.15) is 0 Å². The van der Waals surface area contributed by atoms with Gasteiger partial charge in [-0.1, -0.05) is 0 Å². The van der Waals surface area contributed by atoms with Gasteiger partial charge in [0.15, 0.2) is 0 Å². The van der Waals surface area contributed by atoms with Gasteiger partial charge >= 0.3 is 341 Å². The van der Waals surface area contributed by atoms with Crippen molar-refractivity contribution in [2.45, 2.75) is 83.1 Å². The minimum absolute atomic E-state index is 1.15. The molecular weight excluding hydrogens is 781 g/mol. The summed E-state index contributed by atoms with van der Waals surface area (Å²) in [5.74, 6) is 0. The summed E-state index contributed by atoms with van der Waals surface area (Å²) < 4.78 is 4.88. The van der Waals surface area contributed by atoms with Crippen LogP contribution in [0.4, 0.5) is 11.4 Å². The Morgan fingerprint density at radius 2 is 0.593 bits per heavy atom. The molecule has 0 aliphatic carbocycles. The fourth-order valence-electron chi connectivity index (χ4n) is 9.33. The molecule has 1 aliphatic heterocycles. The van der Waals surface area contributed by atoms with Crippen molar-refractivity contribution in [2.75, 3.05) is 7.17 Å². The fraction of sp³-hybridized carbons (Fsp3) is 0.250. The van der Waals surface area contributed by atoms with Crippen molar-refractivity contribution in [3.8, 4) is 44.5 Å². The standard InChI is InChI=1S/C48H50AsCl2N2P/c1-27-19-31(5)43(32(6)20-27)39-15-13-16-40(44-33(7)21-28(2)22-34(44)8)47(39)52-49(50)53(54(52)51)48-41(45-35(9)23-29(3)24-36(45)10)17-14-18-42(48)46-37(11)25-30(4)26-38(46)12/h13-26H,1-12H3. The first-order valence-corrected chi connectivity index (χ1v) is 25.0. The van der Waals surface area contributed by atoms with Gasteiger partial charge in [-0.05, 0) is 0 Å². The van der Waals surface area contributed by atoms with E-state index in [-0.39, 0.29) is 0 Å². The van der Waals surface area contributed by atoms with Gasteiger partial charge in [-0.15, -0.1) is 0 Å². The number of aryl methyl sites for hydroxylation is 12. The van der Waals surface area contributed by atoms with Gasteiger partial charge in [-0.3, -0.25) is 0 Å². The van der Waals surface area contributed by atoms with Crippen LogP contribution in [0, 0.1) is 83.1 Å². The Morgan fingerprint density at radius 3 is 0.778 bits per heavy atom. The van der Waals surface area contributed by atoms with E-state index in [9.17, 15) is 0 Å². The first-order valence-electron chi connectivity index (χ1n) is 18.7. The zero-order valence-corrected chi connectivity index (χ0v) is 37.9. The average molecular weight is 832 g/mol. The van der Waals surface area contributed by atoms with E-state index in [1.165, 1.54) is 111 Å². The third-order valence-electron chi connectivity index (χ3n) is 10.9. The zero-order valence-electron chi connectivity index (χ0n) is 33.6. The number of rotatable bonds is 6. The van der Waals surface area contributed by atoms with Crippen molar-refractivity contribution in [1.29, 1.82) is 0 Å². The molecule has 6 heteroatoms. The van der Waals surface area contributed by atoms with Crippen molar-refractivity contribution in [3.05, 3.63) is 152 Å². The molecule has 6 aromatic rings. The summed E-state index contributed by atoms with van der Waals surface area (Å²) >= 11 is 5.43. The molecular formula is C48H50AsCl2N2P. The number of anilines is 2. The van der Waals surface area contributed by atoms with Crippen molar-refractivity contribution in [3.63, 3.8) is 0 Å². The Balaban J connectivity index is 1.51. The summed E-state index contributed by atoms with van der Waals surface area (Å²) in [5, 5.41) is 0. The van der Waals surface area contributed by atoms with E-state index >= 15 is 0 Å². The molecule has 0 saturated carbocycles. The Kier molecular flexibility index (Phi) is 10.7. The fourth-order valence-corrected chi connectivity index (χ4v) is 21.1. The van der Waals surface area contributed by atoms with Crippen LogP contribution in [0.2, 0.25) is 0 Å². The second-order valence-corrected chi connectivity index (χ2v) is 23.4. The van der Waals surface area contributed by atoms with Gasteiger partial charge in [0.1, 0.15) is 0 Å². The van der Waals surface area contributed by atoms with Gasteiger partial charge < -0.3 is 0 Å². The number of para-hydroxylation sites is 2. The molecule has 2 nitrogen and oxygen atoms in total. The van der Waals surface area contributed by atoms with Gasteiger partial charge in [0.25, 0.3) is 0 Å². The molecule has 6 aromatic carbocycles. The van der Waals surface area contributed by atoms with Crippen molar-refractivity contribution < 1.29 is 0 Å². The van der Waals surface area contributed by atoms with Crippen molar-refractivity contribution in [1.82, 2.24) is 0 Å². The maximum absolute atomic E-state index is 8.03. The van der Waals surface area contributed by atoms with Crippen LogP contribution in [0.15, 0.2) is 84.9 Å². The third kappa shape index (κ3) is 6.62. The molecule has 0 amide bonds. The number of hydrogen-bond donors (Lipinski definition) is 0. The number of hydrogen-bond acceptors (Lipinski definition) is 2. The van der Waals surface area contributed by atoms with E-state index in [1.807, 2.05) is 0 Å². The van der Waals surface area contributed by atoms with Crippen LogP contribution >= 0.6 is 28.8 Å². The van der Waals surface area contributed by atoms with E-state index in [4.69, 9.17) is 21.2 Å². The van der Waals surface area contributed by atoms with Crippen LogP contribution < -0.4 is 7.17 Å². The van der Waals surface area contributed by atoms with Crippen LogP contribution in [0.1, 0.15) is 66.8 Å². The Morgan fingerprint density at radius 1 is 0.389 bits per heavy atom. The zero-order chi connectivity index (χ0) is 38.9. The SMILES string of the molecule is Cc1cc(C)c(-c2cccc(-c3c(C)cc(C)cc3C)c2N2P(Cl)N(c3c(-c4c(C)cc(C)cc4C)cccc3-c3c(C)cc(C)cc3C)[As]2Cl)c(C)c1. The Labute approximate surface area is 338 Å². The van der Waals surface area contributed by atoms with E-state index < -0.39 is 21.7 Å². The molecule has 0 N–H and O–H groups in total. The molecule has 1 heterocycles. The molecule has 0 unspecified atom stereocenters. The average Bonchev–Trinajstić information content (AvgIpc) is 3.05. The van der Waals surface area contributed by atoms with Crippen LogP contribution in [0.3, 0.4) is 0 Å². The molecule has 54 heavy (non-hydrogen) atoms. The summed E-state index contributed by atoms with van der Waals surface area (Å²) in [6.07, 6.45) is 0. The first-order chi connectivity index (χ1) is 25.6. The van der Waals surface area contributed by atoms with E-state index in [0.717, 1.165) is 11.4 Å². The molecule has 276 valence electrons. The van der Waals surface area contributed by atoms with Crippen molar-refractivity contribution >= 4 is 54.3 Å². The summed E-state index contributed by atoms with van der Waals surface area (Å²) in [5.41, 5.74) is 27.3. The monoisotopic (exact) mass is 830 g/mol. The molecule has 0 bridgehead atoms. The van der Waals surface area contributed by atoms with Gasteiger partial charge in [-0.25, -0.2) is 0 Å². The van der Waals surface area contributed by atoms with Crippen LogP contribution in [-0.2, 0) is 0 Å². The second-order valence-electron chi connectivity index (χ2n) is 15.6. The van der Waals surface area contributed by atoms with Gasteiger partial charge in [0, 0.05) is 0 Å². The third-order valence-corrected chi connectivity index (χ3v) is 22.9. The maximum atomic E-state index is 8.03. The number of nitrogens with zero attached hydrogens (tertiary/aromatic N) is 2. The van der Waals surface area contributed by atoms with Crippen LogP contribution in [-0.4, -0.2) is 14.2 Å². The first kappa shape index (κ1) is 38.8. The predicted molar refractivity (Wildman–Crippen MR) is 241 cm³/mol. The van der Waals surface area contributed by atoms with E-state index in [0.29, 0.717) is 0 Å². The minimum atomic E-state index is -2.54. The number of benzene rings is 6. The topological polar surface area (TPSA) is 6.48 Å². The van der Waals surface area contributed by atoms with Crippen LogP contribution in [0.5, 0.6) is 0 Å². The van der Waals surface area contributed by atoms with Crippen LogP contribution in [0.25, 0.3) is 44.5 Å². The Hall–Kier alpha value is -3.51. The molecule has 0 radical (unpaired) electrons. The molecule has 1 saturated heterocycles. The Bertz CT molecular complexity index is 2060. The predicted octanol–water partition coefficient (Wildman–Crippen LogP) is 15.1. The molecule has 1 fully saturated rings. The van der Waals surface area contributed by atoms with Gasteiger partial charge in [0.05, 0.1) is 0 Å². The van der Waals surface area contributed by atoms with Gasteiger partial charge in [0.2, 0.25) is 0 Å². The van der Waals surface area contributed by atoms with Crippen molar-refractivity contribution in [2.24, 2.45) is 0 Å². The molecule has 1 aliphatic rings. The van der Waals surface area contributed by atoms with E-state index in [1.54, 1.807) is 0 Å².